The highest BCUT2D eigenvalue weighted by Gasteiger charge is 2.21. The van der Waals surface area contributed by atoms with Crippen molar-refractivity contribution in [3.63, 3.8) is 0 Å². The summed E-state index contributed by atoms with van der Waals surface area (Å²) in [4.78, 5) is 21.0. The average Bonchev–Trinajstić information content (AvgIpc) is 2.96. The van der Waals surface area contributed by atoms with Gasteiger partial charge in [0.2, 0.25) is 0 Å². The van der Waals surface area contributed by atoms with Gasteiger partial charge in [0.15, 0.2) is 5.82 Å². The van der Waals surface area contributed by atoms with Crippen LogP contribution >= 0.6 is 0 Å². The topological polar surface area (TPSA) is 65.1 Å². The Bertz CT molecular complexity index is 873. The highest BCUT2D eigenvalue weighted by atomic mass is 16.1. The van der Waals surface area contributed by atoms with E-state index in [1.54, 1.807) is 28.5 Å². The largest absolute Gasteiger partial charge is 0.318 e. The molecule has 0 aromatic carbocycles. The molecule has 6 heteroatoms. The number of rotatable bonds is 1. The van der Waals surface area contributed by atoms with Crippen LogP contribution in [0.4, 0.5) is 0 Å². The Balaban J connectivity index is 1.92. The Morgan fingerprint density at radius 1 is 1.24 bits per heavy atom. The smallest absolute Gasteiger partial charge is 0.261 e. The summed E-state index contributed by atoms with van der Waals surface area (Å²) in [6.45, 7) is 0. The van der Waals surface area contributed by atoms with E-state index in [2.05, 4.69) is 15.1 Å². The Morgan fingerprint density at radius 3 is 2.86 bits per heavy atom. The van der Waals surface area contributed by atoms with E-state index in [-0.39, 0.29) is 5.56 Å². The molecule has 0 N–H and O–H groups in total. The molecule has 0 amide bonds. The molecule has 1 aliphatic rings. The fraction of sp³-hybridized carbons (Fsp3) is 0.467. The van der Waals surface area contributed by atoms with Crippen LogP contribution in [0.2, 0.25) is 0 Å². The first-order valence-corrected chi connectivity index (χ1v) is 7.45. The minimum atomic E-state index is -0.0587. The molecule has 3 aromatic heterocycles. The Morgan fingerprint density at radius 2 is 2.05 bits per heavy atom. The van der Waals surface area contributed by atoms with E-state index in [9.17, 15) is 4.79 Å². The zero-order chi connectivity index (χ0) is 14.4. The van der Waals surface area contributed by atoms with Crippen LogP contribution in [0.25, 0.3) is 16.7 Å². The minimum Gasteiger partial charge on any atom is -0.318 e. The predicted octanol–water partition coefficient (Wildman–Crippen LogP) is 2.02. The van der Waals surface area contributed by atoms with Crippen LogP contribution in [0.5, 0.6) is 0 Å². The van der Waals surface area contributed by atoms with Crippen LogP contribution in [-0.4, -0.2) is 24.1 Å². The quantitative estimate of drug-likeness (QED) is 0.685. The Hall–Kier alpha value is -2.24. The maximum Gasteiger partial charge on any atom is 0.261 e. The first kappa shape index (κ1) is 12.5. The van der Waals surface area contributed by atoms with Gasteiger partial charge < -0.3 is 4.57 Å². The Labute approximate surface area is 121 Å². The number of pyridine rings is 1. The molecule has 0 bridgehead atoms. The highest BCUT2D eigenvalue weighted by molar-refractivity contribution is 5.78. The van der Waals surface area contributed by atoms with Crippen LogP contribution < -0.4 is 5.56 Å². The molecule has 4 rings (SSSR count). The lowest BCUT2D eigenvalue weighted by molar-refractivity contribution is 0.429. The van der Waals surface area contributed by atoms with Gasteiger partial charge in [-0.3, -0.25) is 4.79 Å². The third kappa shape index (κ3) is 1.93. The number of aryl methyl sites for hydroxylation is 1. The lowest BCUT2D eigenvalue weighted by atomic mass is 9.89. The maximum atomic E-state index is 12.1. The summed E-state index contributed by atoms with van der Waals surface area (Å²) >= 11 is 0. The SMILES string of the molecule is Cn1ccc2c(cnc3nc(C4CCCCC4)nn32)c1=O. The normalized spacial score (nSPS) is 16.8. The fourth-order valence-corrected chi connectivity index (χ4v) is 3.17. The van der Waals surface area contributed by atoms with Crippen LogP contribution in [0.1, 0.15) is 43.8 Å². The molecule has 0 radical (unpaired) electrons. The number of aromatic nitrogens is 5. The molecule has 1 saturated carbocycles. The second kappa shape index (κ2) is 4.65. The van der Waals surface area contributed by atoms with E-state index >= 15 is 0 Å². The summed E-state index contributed by atoms with van der Waals surface area (Å²) in [5.41, 5.74) is 0.717. The van der Waals surface area contributed by atoms with E-state index in [0.29, 0.717) is 17.1 Å². The molecule has 3 aromatic rings. The van der Waals surface area contributed by atoms with E-state index < -0.39 is 0 Å². The lowest BCUT2D eigenvalue weighted by Crippen LogP contribution is -2.17. The molecule has 108 valence electrons. The maximum absolute atomic E-state index is 12.1. The van der Waals surface area contributed by atoms with Crippen molar-refractivity contribution in [1.82, 2.24) is 24.1 Å². The monoisotopic (exact) mass is 283 g/mol. The van der Waals surface area contributed by atoms with Crippen molar-refractivity contribution in [2.24, 2.45) is 7.05 Å². The zero-order valence-corrected chi connectivity index (χ0v) is 12.0. The molecule has 1 aliphatic carbocycles. The van der Waals surface area contributed by atoms with Gasteiger partial charge in [-0.05, 0) is 18.9 Å². The second-order valence-electron chi connectivity index (χ2n) is 5.81. The van der Waals surface area contributed by atoms with Gasteiger partial charge in [-0.25, -0.2) is 4.98 Å². The summed E-state index contributed by atoms with van der Waals surface area (Å²) < 4.78 is 3.26. The van der Waals surface area contributed by atoms with Gasteiger partial charge in [0.1, 0.15) is 0 Å². The first-order chi connectivity index (χ1) is 10.2. The van der Waals surface area contributed by atoms with Crippen molar-refractivity contribution in [2.75, 3.05) is 0 Å². The first-order valence-electron chi connectivity index (χ1n) is 7.45. The van der Waals surface area contributed by atoms with Crippen molar-refractivity contribution in [1.29, 1.82) is 0 Å². The molecule has 0 unspecified atom stereocenters. The Kier molecular flexibility index (Phi) is 2.77. The van der Waals surface area contributed by atoms with E-state index in [4.69, 9.17) is 0 Å². The zero-order valence-electron chi connectivity index (χ0n) is 12.0. The minimum absolute atomic E-state index is 0.0587. The van der Waals surface area contributed by atoms with Crippen molar-refractivity contribution in [2.45, 2.75) is 38.0 Å². The second-order valence-corrected chi connectivity index (χ2v) is 5.81. The fourth-order valence-electron chi connectivity index (χ4n) is 3.17. The third-order valence-corrected chi connectivity index (χ3v) is 4.40. The van der Waals surface area contributed by atoms with Gasteiger partial charge in [-0.1, -0.05) is 19.3 Å². The van der Waals surface area contributed by atoms with Crippen molar-refractivity contribution < 1.29 is 0 Å². The molecule has 1 fully saturated rings. The summed E-state index contributed by atoms with van der Waals surface area (Å²) in [7, 11) is 1.74. The molecular weight excluding hydrogens is 266 g/mol. The van der Waals surface area contributed by atoms with Gasteiger partial charge >= 0.3 is 0 Å². The molecule has 21 heavy (non-hydrogen) atoms. The molecule has 3 heterocycles. The van der Waals surface area contributed by atoms with Gasteiger partial charge in [-0.2, -0.15) is 9.50 Å². The highest BCUT2D eigenvalue weighted by Crippen LogP contribution is 2.30. The van der Waals surface area contributed by atoms with Gasteiger partial charge in [-0.15, -0.1) is 5.10 Å². The molecule has 0 atom stereocenters. The number of hydrogen-bond acceptors (Lipinski definition) is 4. The molecular formula is C15H17N5O. The lowest BCUT2D eigenvalue weighted by Gasteiger charge is -2.17. The molecule has 0 aliphatic heterocycles. The van der Waals surface area contributed by atoms with E-state index in [1.165, 1.54) is 19.3 Å². The molecule has 0 spiro atoms. The van der Waals surface area contributed by atoms with Crippen LogP contribution in [-0.2, 0) is 7.05 Å². The number of nitrogens with zero attached hydrogens (tertiary/aromatic N) is 5. The number of fused-ring (bicyclic) bond motifs is 3. The average molecular weight is 283 g/mol. The standard InChI is InChI=1S/C15H17N5O/c1-19-8-7-12-11(14(19)21)9-16-15-17-13(18-20(12)15)10-5-3-2-4-6-10/h7-10H,2-6H2,1H3. The molecule has 0 saturated heterocycles. The summed E-state index contributed by atoms with van der Waals surface area (Å²) in [6.07, 6.45) is 9.45. The van der Waals surface area contributed by atoms with Gasteiger partial charge in [0.05, 0.1) is 10.9 Å². The van der Waals surface area contributed by atoms with Crippen LogP contribution in [0.15, 0.2) is 23.3 Å². The van der Waals surface area contributed by atoms with Crippen molar-refractivity contribution >= 4 is 16.7 Å². The van der Waals surface area contributed by atoms with Crippen molar-refractivity contribution in [3.8, 4) is 0 Å². The van der Waals surface area contributed by atoms with Crippen LogP contribution in [0, 0.1) is 0 Å². The summed E-state index contributed by atoms with van der Waals surface area (Å²) in [5, 5.41) is 5.21. The predicted molar refractivity (Wildman–Crippen MR) is 79.4 cm³/mol. The molecule has 6 nitrogen and oxygen atoms in total. The van der Waals surface area contributed by atoms with E-state index in [0.717, 1.165) is 24.2 Å². The van der Waals surface area contributed by atoms with Gasteiger partial charge in [0.25, 0.3) is 11.3 Å². The van der Waals surface area contributed by atoms with Crippen molar-refractivity contribution in [3.05, 3.63) is 34.6 Å². The van der Waals surface area contributed by atoms with Crippen LogP contribution in [0.3, 0.4) is 0 Å². The van der Waals surface area contributed by atoms with Gasteiger partial charge in [0, 0.05) is 25.4 Å². The number of hydrogen-bond donors (Lipinski definition) is 0. The summed E-state index contributed by atoms with van der Waals surface area (Å²) in [5.74, 6) is 1.88. The summed E-state index contributed by atoms with van der Waals surface area (Å²) in [6, 6.07) is 1.89. The van der Waals surface area contributed by atoms with E-state index in [1.807, 2.05) is 6.07 Å². The third-order valence-electron chi connectivity index (χ3n) is 4.40.